The second-order valence-corrected chi connectivity index (χ2v) is 9.37. The number of fused-ring (bicyclic) bond motifs is 2. The summed E-state index contributed by atoms with van der Waals surface area (Å²) in [6.45, 7) is 12.7. The zero-order valence-corrected chi connectivity index (χ0v) is 22.3. The second-order valence-electron chi connectivity index (χ2n) is 9.37. The summed E-state index contributed by atoms with van der Waals surface area (Å²) in [6, 6.07) is 12.2. The Hall–Kier alpha value is -3.78. The lowest BCUT2D eigenvalue weighted by Crippen LogP contribution is -2.44. The zero-order valence-electron chi connectivity index (χ0n) is 22.3. The highest BCUT2D eigenvalue weighted by Crippen LogP contribution is 2.41. The van der Waals surface area contributed by atoms with Crippen LogP contribution in [0, 0.1) is 6.92 Å². The number of anilines is 1. The highest BCUT2D eigenvalue weighted by Gasteiger charge is 2.25. The molecule has 0 unspecified atom stereocenters. The molecule has 0 atom stereocenters. The average Bonchev–Trinajstić information content (AvgIpc) is 3.50. The summed E-state index contributed by atoms with van der Waals surface area (Å²) in [4.78, 5) is 29.3. The van der Waals surface area contributed by atoms with Crippen molar-refractivity contribution in [2.75, 3.05) is 51.3 Å². The van der Waals surface area contributed by atoms with Gasteiger partial charge in [0.15, 0.2) is 23.1 Å². The van der Waals surface area contributed by atoms with Crippen LogP contribution in [0.1, 0.15) is 36.8 Å². The fourth-order valence-corrected chi connectivity index (χ4v) is 5.11. The third kappa shape index (κ3) is 4.69. The summed E-state index contributed by atoms with van der Waals surface area (Å²) in [5.41, 5.74) is 7.04. The molecule has 1 saturated heterocycles. The van der Waals surface area contributed by atoms with Crippen LogP contribution in [0.5, 0.6) is 11.5 Å². The Balaban J connectivity index is 0.00000137. The van der Waals surface area contributed by atoms with Gasteiger partial charge in [0.2, 0.25) is 0 Å². The van der Waals surface area contributed by atoms with Crippen molar-refractivity contribution >= 4 is 22.5 Å². The number of carbonyl (C=O) groups excluding carboxylic acids is 1. The topological polar surface area (TPSA) is 86.5 Å². The molecule has 8 heteroatoms. The number of hydrogen-bond donors (Lipinski definition) is 2. The van der Waals surface area contributed by atoms with Gasteiger partial charge in [0.05, 0.1) is 16.7 Å². The number of aromatic amines is 2. The Labute approximate surface area is 217 Å². The van der Waals surface area contributed by atoms with E-state index in [9.17, 15) is 4.79 Å². The van der Waals surface area contributed by atoms with Crippen LogP contribution < -0.4 is 14.4 Å². The van der Waals surface area contributed by atoms with E-state index in [2.05, 4.69) is 45.0 Å². The summed E-state index contributed by atoms with van der Waals surface area (Å²) < 4.78 is 11.5. The van der Waals surface area contributed by atoms with Crippen molar-refractivity contribution in [3.63, 3.8) is 0 Å². The van der Waals surface area contributed by atoms with Crippen LogP contribution in [0.15, 0.2) is 36.4 Å². The summed E-state index contributed by atoms with van der Waals surface area (Å²) in [5.74, 6) is 2.12. The van der Waals surface area contributed by atoms with Gasteiger partial charge in [-0.05, 0) is 56.8 Å². The first-order valence-electron chi connectivity index (χ1n) is 13.0. The van der Waals surface area contributed by atoms with Gasteiger partial charge < -0.3 is 29.2 Å². The molecule has 2 aliphatic heterocycles. The van der Waals surface area contributed by atoms with Gasteiger partial charge >= 0.3 is 0 Å². The number of piperazine rings is 1. The van der Waals surface area contributed by atoms with Crippen LogP contribution in [-0.2, 0) is 0 Å². The van der Waals surface area contributed by atoms with E-state index in [0.717, 1.165) is 65.5 Å². The average molecular weight is 502 g/mol. The number of ether oxygens (including phenoxy) is 2. The molecule has 0 radical (unpaired) electrons. The number of H-pyrrole nitrogens is 2. The number of rotatable bonds is 4. The van der Waals surface area contributed by atoms with Gasteiger partial charge in [-0.25, -0.2) is 4.98 Å². The Morgan fingerprint density at radius 3 is 2.41 bits per heavy atom. The Kier molecular flexibility index (Phi) is 6.93. The van der Waals surface area contributed by atoms with E-state index < -0.39 is 0 Å². The third-order valence-electron chi connectivity index (χ3n) is 6.94. The number of nitrogens with zero attached hydrogens (tertiary/aromatic N) is 3. The highest BCUT2D eigenvalue weighted by molar-refractivity contribution is 6.06. The van der Waals surface area contributed by atoms with E-state index in [1.807, 2.05) is 39.0 Å². The number of likely N-dealkylation sites (N-methyl/N-ethyl adjacent to an activating group) is 1. The van der Waals surface area contributed by atoms with Gasteiger partial charge in [-0.1, -0.05) is 19.9 Å². The number of ketones is 1. The smallest absolute Gasteiger partial charge is 0.162 e. The van der Waals surface area contributed by atoms with Crippen LogP contribution in [-0.4, -0.2) is 72.1 Å². The van der Waals surface area contributed by atoms with Crippen molar-refractivity contribution in [2.24, 2.45) is 0 Å². The minimum absolute atomic E-state index is 0.00310. The molecular formula is C29H35N5O3. The van der Waals surface area contributed by atoms with Gasteiger partial charge in [-0.2, -0.15) is 0 Å². The Bertz CT molecular complexity index is 1430. The number of aromatic nitrogens is 3. The summed E-state index contributed by atoms with van der Waals surface area (Å²) >= 11 is 0. The maximum absolute atomic E-state index is 12.7. The quantitative estimate of drug-likeness (QED) is 0.370. The maximum atomic E-state index is 12.7. The number of Topliss-reactive ketones (excluding diaryl/α,β-unsaturated/α-hetero) is 1. The highest BCUT2D eigenvalue weighted by atomic mass is 16.6. The van der Waals surface area contributed by atoms with E-state index in [-0.39, 0.29) is 5.78 Å². The van der Waals surface area contributed by atoms with Gasteiger partial charge in [0.25, 0.3) is 0 Å². The van der Waals surface area contributed by atoms with E-state index in [1.165, 1.54) is 5.69 Å². The largest absolute Gasteiger partial charge is 0.486 e. The normalized spacial score (nSPS) is 15.4. The first kappa shape index (κ1) is 24.9. The van der Waals surface area contributed by atoms with Gasteiger partial charge in [-0.3, -0.25) is 4.79 Å². The fourth-order valence-electron chi connectivity index (χ4n) is 5.11. The van der Waals surface area contributed by atoms with E-state index >= 15 is 0 Å². The molecule has 2 aromatic heterocycles. The number of nitrogens with one attached hydrogen (secondary N) is 2. The first-order valence-corrected chi connectivity index (χ1v) is 13.0. The predicted octanol–water partition coefficient (Wildman–Crippen LogP) is 5.29. The first-order chi connectivity index (χ1) is 18.0. The summed E-state index contributed by atoms with van der Waals surface area (Å²) in [7, 11) is 2.16. The molecule has 0 aliphatic carbocycles. The second kappa shape index (κ2) is 10.3. The molecule has 0 spiro atoms. The third-order valence-corrected chi connectivity index (χ3v) is 6.94. The van der Waals surface area contributed by atoms with Crippen molar-refractivity contribution in [1.29, 1.82) is 0 Å². The van der Waals surface area contributed by atoms with Crippen LogP contribution in [0.3, 0.4) is 0 Å². The zero-order chi connectivity index (χ0) is 26.1. The predicted molar refractivity (Wildman–Crippen MR) is 148 cm³/mol. The summed E-state index contributed by atoms with van der Waals surface area (Å²) in [5, 5.41) is 0. The molecule has 194 valence electrons. The number of carbonyl (C=O) groups is 1. The van der Waals surface area contributed by atoms with Crippen LogP contribution in [0.4, 0.5) is 5.69 Å². The molecule has 6 rings (SSSR count). The minimum Gasteiger partial charge on any atom is -0.486 e. The van der Waals surface area contributed by atoms with E-state index in [1.54, 1.807) is 6.92 Å². The fraction of sp³-hybridized carbons (Fsp3) is 0.379. The Morgan fingerprint density at radius 2 is 1.68 bits per heavy atom. The van der Waals surface area contributed by atoms with Crippen molar-refractivity contribution in [1.82, 2.24) is 19.9 Å². The van der Waals surface area contributed by atoms with Crippen molar-refractivity contribution in [3.8, 4) is 34.1 Å². The molecule has 37 heavy (non-hydrogen) atoms. The lowest BCUT2D eigenvalue weighted by molar-refractivity contribution is 0.101. The molecule has 0 amide bonds. The Morgan fingerprint density at radius 1 is 0.946 bits per heavy atom. The van der Waals surface area contributed by atoms with Crippen LogP contribution >= 0.6 is 0 Å². The van der Waals surface area contributed by atoms with Crippen LogP contribution in [0.25, 0.3) is 33.7 Å². The van der Waals surface area contributed by atoms with Crippen molar-refractivity contribution < 1.29 is 14.3 Å². The monoisotopic (exact) mass is 501 g/mol. The van der Waals surface area contributed by atoms with Gasteiger partial charge in [0.1, 0.15) is 13.2 Å². The van der Waals surface area contributed by atoms with Gasteiger partial charge in [0, 0.05) is 48.7 Å². The molecule has 4 aromatic rings. The molecular weight excluding hydrogens is 466 g/mol. The van der Waals surface area contributed by atoms with E-state index in [0.29, 0.717) is 30.4 Å². The van der Waals surface area contributed by atoms with Crippen molar-refractivity contribution in [2.45, 2.75) is 27.7 Å². The number of imidazole rings is 1. The maximum Gasteiger partial charge on any atom is 0.162 e. The molecule has 2 N–H and O–H groups in total. The lowest BCUT2D eigenvalue weighted by Gasteiger charge is -2.34. The van der Waals surface area contributed by atoms with E-state index in [4.69, 9.17) is 14.5 Å². The lowest BCUT2D eigenvalue weighted by atomic mass is 9.97. The molecule has 0 bridgehead atoms. The van der Waals surface area contributed by atoms with Crippen LogP contribution in [0.2, 0.25) is 0 Å². The number of aryl methyl sites for hydroxylation is 1. The molecule has 1 fully saturated rings. The van der Waals surface area contributed by atoms with Crippen molar-refractivity contribution in [3.05, 3.63) is 47.7 Å². The number of benzene rings is 2. The standard InChI is InChI=1S/C27H29N5O3.C2H6/c1-16-24(17(2)33)25(18-4-7-22-23(14-18)35-13-12-34-22)26(28-16)27-29-20-6-5-19(15-21(20)30-27)32-10-8-31(3)9-11-32;1-2/h4-7,14-15,28H,8-13H2,1-3H3,(H,29,30);1-2H3. The molecule has 2 aromatic carbocycles. The summed E-state index contributed by atoms with van der Waals surface area (Å²) in [6.07, 6.45) is 0. The molecule has 2 aliphatic rings. The molecule has 0 saturated carbocycles. The molecule has 8 nitrogen and oxygen atoms in total. The number of hydrogen-bond acceptors (Lipinski definition) is 6. The van der Waals surface area contributed by atoms with Gasteiger partial charge in [-0.15, -0.1) is 0 Å². The SMILES string of the molecule is CC.CC(=O)c1c(C)[nH]c(-c2nc3ccc(N4CCN(C)CC4)cc3[nH]2)c1-c1ccc2c(c1)OCCO2. The molecule has 4 heterocycles. The minimum atomic E-state index is 0.00310.